The van der Waals surface area contributed by atoms with E-state index in [1.54, 1.807) is 0 Å². The van der Waals surface area contributed by atoms with Crippen LogP contribution in [0.4, 0.5) is 0 Å². The van der Waals surface area contributed by atoms with E-state index in [0.717, 1.165) is 68.9 Å². The van der Waals surface area contributed by atoms with Gasteiger partial charge in [-0.1, -0.05) is 0 Å². The SMILES string of the molecule is O=C(NCC1CCOCC1)c1ccc2c(c1)CCCO2. The summed E-state index contributed by atoms with van der Waals surface area (Å²) in [4.78, 5) is 12.2. The van der Waals surface area contributed by atoms with E-state index in [-0.39, 0.29) is 5.91 Å². The van der Waals surface area contributed by atoms with Crippen LogP contribution in [0.5, 0.6) is 5.75 Å². The summed E-state index contributed by atoms with van der Waals surface area (Å²) in [5.41, 5.74) is 1.89. The highest BCUT2D eigenvalue weighted by atomic mass is 16.5. The second-order valence-electron chi connectivity index (χ2n) is 5.54. The van der Waals surface area contributed by atoms with Gasteiger partial charge in [0.1, 0.15) is 5.75 Å². The van der Waals surface area contributed by atoms with Gasteiger partial charge >= 0.3 is 0 Å². The molecule has 2 heterocycles. The first-order chi connectivity index (χ1) is 9.83. The molecule has 0 unspecified atom stereocenters. The second-order valence-corrected chi connectivity index (χ2v) is 5.54. The number of fused-ring (bicyclic) bond motifs is 1. The Labute approximate surface area is 119 Å². The second kappa shape index (κ2) is 6.27. The highest BCUT2D eigenvalue weighted by Gasteiger charge is 2.17. The molecule has 2 aliphatic heterocycles. The number of nitrogens with one attached hydrogen (secondary N) is 1. The van der Waals surface area contributed by atoms with Gasteiger partial charge in [-0.3, -0.25) is 4.79 Å². The third-order valence-corrected chi connectivity index (χ3v) is 4.06. The molecule has 1 aromatic carbocycles. The van der Waals surface area contributed by atoms with Crippen LogP contribution in [-0.2, 0) is 11.2 Å². The smallest absolute Gasteiger partial charge is 0.251 e. The van der Waals surface area contributed by atoms with Gasteiger partial charge in [0, 0.05) is 25.3 Å². The van der Waals surface area contributed by atoms with E-state index in [4.69, 9.17) is 9.47 Å². The maximum absolute atomic E-state index is 12.2. The first-order valence-electron chi connectivity index (χ1n) is 7.44. The summed E-state index contributed by atoms with van der Waals surface area (Å²) in [5, 5.41) is 3.04. The van der Waals surface area contributed by atoms with Gasteiger partial charge < -0.3 is 14.8 Å². The molecule has 0 saturated carbocycles. The van der Waals surface area contributed by atoms with Gasteiger partial charge in [0.2, 0.25) is 0 Å². The van der Waals surface area contributed by atoms with Crippen molar-refractivity contribution in [3.8, 4) is 5.75 Å². The van der Waals surface area contributed by atoms with Crippen molar-refractivity contribution < 1.29 is 14.3 Å². The number of aryl methyl sites for hydroxylation is 1. The number of hydrogen-bond donors (Lipinski definition) is 1. The quantitative estimate of drug-likeness (QED) is 0.919. The molecule has 108 valence electrons. The molecule has 0 aliphatic carbocycles. The molecule has 0 atom stereocenters. The summed E-state index contributed by atoms with van der Waals surface area (Å²) >= 11 is 0. The lowest BCUT2D eigenvalue weighted by molar-refractivity contribution is 0.0642. The fourth-order valence-corrected chi connectivity index (χ4v) is 2.79. The lowest BCUT2D eigenvalue weighted by atomic mass is 10.00. The van der Waals surface area contributed by atoms with Gasteiger partial charge in [0.05, 0.1) is 6.61 Å². The van der Waals surface area contributed by atoms with Crippen LogP contribution in [-0.4, -0.2) is 32.3 Å². The zero-order chi connectivity index (χ0) is 13.8. The van der Waals surface area contributed by atoms with Gasteiger partial charge in [-0.25, -0.2) is 0 Å². The first kappa shape index (κ1) is 13.4. The van der Waals surface area contributed by atoms with Crippen LogP contribution in [0, 0.1) is 5.92 Å². The summed E-state index contributed by atoms with van der Waals surface area (Å²) < 4.78 is 10.9. The molecule has 0 spiro atoms. The standard InChI is InChI=1S/C16H21NO3/c18-16(17-11-12-5-8-19-9-6-12)14-3-4-15-13(10-14)2-1-7-20-15/h3-4,10,12H,1-2,5-9,11H2,(H,17,18). The highest BCUT2D eigenvalue weighted by Crippen LogP contribution is 2.25. The van der Waals surface area contributed by atoms with E-state index in [2.05, 4.69) is 5.32 Å². The number of carbonyl (C=O) groups excluding carboxylic acids is 1. The molecule has 0 radical (unpaired) electrons. The number of hydrogen-bond acceptors (Lipinski definition) is 3. The number of benzene rings is 1. The van der Waals surface area contributed by atoms with Crippen molar-refractivity contribution in [2.45, 2.75) is 25.7 Å². The molecule has 2 aliphatic rings. The summed E-state index contributed by atoms with van der Waals surface area (Å²) in [5.74, 6) is 1.50. The maximum Gasteiger partial charge on any atom is 0.251 e. The Morgan fingerprint density at radius 3 is 2.95 bits per heavy atom. The van der Waals surface area contributed by atoms with Crippen LogP contribution in [0.15, 0.2) is 18.2 Å². The van der Waals surface area contributed by atoms with Crippen LogP contribution in [0.25, 0.3) is 0 Å². The average molecular weight is 275 g/mol. The van der Waals surface area contributed by atoms with E-state index in [0.29, 0.717) is 5.92 Å². The zero-order valence-corrected chi connectivity index (χ0v) is 11.7. The number of amides is 1. The molecule has 20 heavy (non-hydrogen) atoms. The molecule has 0 bridgehead atoms. The Hall–Kier alpha value is -1.55. The van der Waals surface area contributed by atoms with Crippen molar-refractivity contribution in [1.82, 2.24) is 5.32 Å². The van der Waals surface area contributed by atoms with Crippen molar-refractivity contribution in [3.05, 3.63) is 29.3 Å². The fraction of sp³-hybridized carbons (Fsp3) is 0.562. The van der Waals surface area contributed by atoms with E-state index in [1.807, 2.05) is 18.2 Å². The molecule has 1 amide bonds. The molecular formula is C16H21NO3. The molecule has 1 saturated heterocycles. The lowest BCUT2D eigenvalue weighted by Crippen LogP contribution is -2.32. The number of carbonyl (C=O) groups is 1. The van der Waals surface area contributed by atoms with E-state index in [1.165, 1.54) is 0 Å². The topological polar surface area (TPSA) is 47.6 Å². The first-order valence-corrected chi connectivity index (χ1v) is 7.44. The van der Waals surface area contributed by atoms with Gasteiger partial charge in [0.25, 0.3) is 5.91 Å². The van der Waals surface area contributed by atoms with Crippen molar-refractivity contribution in [3.63, 3.8) is 0 Å². The van der Waals surface area contributed by atoms with E-state index >= 15 is 0 Å². The monoisotopic (exact) mass is 275 g/mol. The third kappa shape index (κ3) is 3.12. The highest BCUT2D eigenvalue weighted by molar-refractivity contribution is 5.94. The molecular weight excluding hydrogens is 254 g/mol. The normalized spacial score (nSPS) is 19.0. The summed E-state index contributed by atoms with van der Waals surface area (Å²) in [6.07, 6.45) is 4.10. The van der Waals surface area contributed by atoms with E-state index in [9.17, 15) is 4.79 Å². The minimum atomic E-state index is 0.0184. The van der Waals surface area contributed by atoms with Gasteiger partial charge in [-0.05, 0) is 55.4 Å². The fourth-order valence-electron chi connectivity index (χ4n) is 2.79. The van der Waals surface area contributed by atoms with Crippen LogP contribution >= 0.6 is 0 Å². The lowest BCUT2D eigenvalue weighted by Gasteiger charge is -2.22. The average Bonchev–Trinajstić information content (AvgIpc) is 2.53. The molecule has 1 N–H and O–H groups in total. The van der Waals surface area contributed by atoms with Crippen LogP contribution in [0.2, 0.25) is 0 Å². The molecule has 4 heteroatoms. The minimum Gasteiger partial charge on any atom is -0.493 e. The molecule has 3 rings (SSSR count). The van der Waals surface area contributed by atoms with Crippen LogP contribution < -0.4 is 10.1 Å². The summed E-state index contributed by atoms with van der Waals surface area (Å²) in [6, 6.07) is 5.73. The zero-order valence-electron chi connectivity index (χ0n) is 11.7. The Morgan fingerprint density at radius 2 is 2.10 bits per heavy atom. The van der Waals surface area contributed by atoms with Gasteiger partial charge in [-0.2, -0.15) is 0 Å². The number of ether oxygens (including phenoxy) is 2. The largest absolute Gasteiger partial charge is 0.493 e. The van der Waals surface area contributed by atoms with Crippen LogP contribution in [0.1, 0.15) is 35.2 Å². The molecule has 0 aromatic heterocycles. The summed E-state index contributed by atoms with van der Waals surface area (Å²) in [7, 11) is 0. The predicted molar refractivity (Wildman–Crippen MR) is 76.1 cm³/mol. The van der Waals surface area contributed by atoms with Crippen molar-refractivity contribution >= 4 is 5.91 Å². The van der Waals surface area contributed by atoms with E-state index < -0.39 is 0 Å². The molecule has 1 fully saturated rings. The minimum absolute atomic E-state index is 0.0184. The summed E-state index contributed by atoms with van der Waals surface area (Å²) in [6.45, 7) is 3.16. The molecule has 1 aromatic rings. The Kier molecular flexibility index (Phi) is 4.21. The number of rotatable bonds is 3. The Morgan fingerprint density at radius 1 is 1.25 bits per heavy atom. The van der Waals surface area contributed by atoms with Crippen molar-refractivity contribution in [2.75, 3.05) is 26.4 Å². The Bertz CT molecular complexity index is 481. The van der Waals surface area contributed by atoms with Crippen LogP contribution in [0.3, 0.4) is 0 Å². The maximum atomic E-state index is 12.2. The van der Waals surface area contributed by atoms with Gasteiger partial charge in [-0.15, -0.1) is 0 Å². The third-order valence-electron chi connectivity index (χ3n) is 4.06. The van der Waals surface area contributed by atoms with Crippen molar-refractivity contribution in [2.24, 2.45) is 5.92 Å². The Balaban J connectivity index is 1.59. The predicted octanol–water partition coefficient (Wildman–Crippen LogP) is 2.17. The molecule has 4 nitrogen and oxygen atoms in total. The van der Waals surface area contributed by atoms with Gasteiger partial charge in [0.15, 0.2) is 0 Å². The van der Waals surface area contributed by atoms with Crippen molar-refractivity contribution in [1.29, 1.82) is 0 Å².